The summed E-state index contributed by atoms with van der Waals surface area (Å²) in [5, 5.41) is 6.60. The molecule has 0 radical (unpaired) electrons. The minimum Gasteiger partial charge on any atom is -0.314 e. The van der Waals surface area contributed by atoms with Crippen LogP contribution in [0, 0.1) is 6.92 Å². The van der Waals surface area contributed by atoms with Gasteiger partial charge < -0.3 is 15.5 Å². The van der Waals surface area contributed by atoms with Crippen LogP contribution < -0.4 is 15.5 Å². The number of aryl methyl sites for hydroxylation is 1. The smallest absolute Gasteiger partial charge is 0.245 e. The number of piperazine rings is 1. The Bertz CT molecular complexity index is 408. The number of amides is 1. The Labute approximate surface area is 108 Å². The first-order valence-electron chi connectivity index (χ1n) is 6.39. The number of nitrogens with zero attached hydrogens (tertiary/aromatic N) is 1. The first-order chi connectivity index (χ1) is 8.58. The van der Waals surface area contributed by atoms with Crippen LogP contribution in [0.15, 0.2) is 24.3 Å². The highest BCUT2D eigenvalue weighted by atomic mass is 16.2. The maximum absolute atomic E-state index is 12.3. The van der Waals surface area contributed by atoms with E-state index < -0.39 is 0 Å². The van der Waals surface area contributed by atoms with Gasteiger partial charge in [0.1, 0.15) is 0 Å². The Morgan fingerprint density at radius 2 is 1.89 bits per heavy atom. The Morgan fingerprint density at radius 1 is 1.22 bits per heavy atom. The van der Waals surface area contributed by atoms with E-state index in [1.807, 2.05) is 38.2 Å². The van der Waals surface area contributed by atoms with Crippen LogP contribution in [-0.4, -0.2) is 38.1 Å². The summed E-state index contributed by atoms with van der Waals surface area (Å²) in [5.74, 6) is 0.109. The number of hydrogen-bond acceptors (Lipinski definition) is 3. The van der Waals surface area contributed by atoms with E-state index in [1.165, 1.54) is 5.56 Å². The minimum absolute atomic E-state index is 0.109. The van der Waals surface area contributed by atoms with Crippen molar-refractivity contribution in [1.29, 1.82) is 0 Å². The van der Waals surface area contributed by atoms with E-state index >= 15 is 0 Å². The van der Waals surface area contributed by atoms with Crippen molar-refractivity contribution in [2.45, 2.75) is 25.9 Å². The monoisotopic (exact) mass is 247 g/mol. The Hall–Kier alpha value is -1.39. The number of hydrogen-bond donors (Lipinski definition) is 2. The van der Waals surface area contributed by atoms with E-state index in [4.69, 9.17) is 0 Å². The van der Waals surface area contributed by atoms with Gasteiger partial charge in [-0.25, -0.2) is 0 Å². The zero-order chi connectivity index (χ0) is 13.1. The summed E-state index contributed by atoms with van der Waals surface area (Å²) < 4.78 is 0. The summed E-state index contributed by atoms with van der Waals surface area (Å²) in [5.41, 5.74) is 2.14. The molecule has 98 valence electrons. The summed E-state index contributed by atoms with van der Waals surface area (Å²) >= 11 is 0. The van der Waals surface area contributed by atoms with Crippen LogP contribution in [0.4, 0.5) is 5.69 Å². The third-order valence-corrected chi connectivity index (χ3v) is 3.39. The molecule has 4 heteroatoms. The highest BCUT2D eigenvalue weighted by Crippen LogP contribution is 2.14. The van der Waals surface area contributed by atoms with Crippen molar-refractivity contribution < 1.29 is 4.79 Å². The maximum atomic E-state index is 12.3. The highest BCUT2D eigenvalue weighted by molar-refractivity contribution is 5.97. The van der Waals surface area contributed by atoms with Crippen LogP contribution in [0.1, 0.15) is 12.5 Å². The molecule has 2 atom stereocenters. The van der Waals surface area contributed by atoms with Crippen molar-refractivity contribution >= 4 is 11.6 Å². The molecule has 1 heterocycles. The third kappa shape index (κ3) is 2.89. The van der Waals surface area contributed by atoms with E-state index in [-0.39, 0.29) is 11.9 Å². The molecule has 1 aromatic carbocycles. The minimum atomic E-state index is -0.132. The number of nitrogens with one attached hydrogen (secondary N) is 2. The van der Waals surface area contributed by atoms with Crippen molar-refractivity contribution in [3.05, 3.63) is 29.8 Å². The topological polar surface area (TPSA) is 44.4 Å². The number of anilines is 1. The lowest BCUT2D eigenvalue weighted by molar-refractivity contribution is -0.120. The van der Waals surface area contributed by atoms with Crippen molar-refractivity contribution in [2.24, 2.45) is 0 Å². The number of carbonyl (C=O) groups is 1. The van der Waals surface area contributed by atoms with Gasteiger partial charge in [0, 0.05) is 31.9 Å². The standard InChI is InChI=1S/C14H21N3O/c1-10-4-6-12(7-5-10)17(3)14(18)13-9-15-11(2)8-16-13/h4-7,11,13,15-16H,8-9H2,1-3H3. The average molecular weight is 247 g/mol. The Kier molecular flexibility index (Phi) is 3.99. The highest BCUT2D eigenvalue weighted by Gasteiger charge is 2.26. The molecule has 18 heavy (non-hydrogen) atoms. The molecule has 0 saturated carbocycles. The first-order valence-corrected chi connectivity index (χ1v) is 6.39. The van der Waals surface area contributed by atoms with Gasteiger partial charge in [0.25, 0.3) is 0 Å². The fourth-order valence-corrected chi connectivity index (χ4v) is 2.09. The Balaban J connectivity index is 2.02. The molecule has 4 nitrogen and oxygen atoms in total. The molecule has 0 aromatic heterocycles. The summed E-state index contributed by atoms with van der Waals surface area (Å²) in [6, 6.07) is 8.30. The molecule has 1 fully saturated rings. The fourth-order valence-electron chi connectivity index (χ4n) is 2.09. The van der Waals surface area contributed by atoms with E-state index in [9.17, 15) is 4.79 Å². The molecule has 1 amide bonds. The molecule has 0 bridgehead atoms. The molecule has 1 aliphatic heterocycles. The lowest BCUT2D eigenvalue weighted by Gasteiger charge is -2.31. The van der Waals surface area contributed by atoms with Crippen LogP contribution in [0.2, 0.25) is 0 Å². The van der Waals surface area contributed by atoms with Gasteiger partial charge in [-0.1, -0.05) is 17.7 Å². The quantitative estimate of drug-likeness (QED) is 0.816. The summed E-state index contributed by atoms with van der Waals surface area (Å²) in [4.78, 5) is 14.0. The van der Waals surface area contributed by atoms with Crippen LogP contribution in [0.25, 0.3) is 0 Å². The van der Waals surface area contributed by atoms with Crippen molar-refractivity contribution in [3.8, 4) is 0 Å². The molecule has 2 unspecified atom stereocenters. The second kappa shape index (κ2) is 5.50. The normalized spacial score (nSPS) is 23.7. The zero-order valence-electron chi connectivity index (χ0n) is 11.2. The van der Waals surface area contributed by atoms with Gasteiger partial charge in [-0.05, 0) is 26.0 Å². The van der Waals surface area contributed by atoms with Crippen LogP contribution >= 0.6 is 0 Å². The van der Waals surface area contributed by atoms with Gasteiger partial charge in [0.05, 0.1) is 6.04 Å². The van der Waals surface area contributed by atoms with E-state index in [2.05, 4.69) is 17.6 Å². The lowest BCUT2D eigenvalue weighted by atomic mass is 10.1. The number of carbonyl (C=O) groups excluding carboxylic acids is 1. The summed E-state index contributed by atoms with van der Waals surface area (Å²) in [6.45, 7) is 5.67. The molecular weight excluding hydrogens is 226 g/mol. The molecule has 2 rings (SSSR count). The van der Waals surface area contributed by atoms with E-state index in [1.54, 1.807) is 4.90 Å². The molecule has 2 N–H and O–H groups in total. The first kappa shape index (κ1) is 13.1. The van der Waals surface area contributed by atoms with Crippen molar-refractivity contribution in [3.63, 3.8) is 0 Å². The predicted octanol–water partition coefficient (Wildman–Crippen LogP) is 0.908. The number of likely N-dealkylation sites (N-methyl/N-ethyl adjacent to an activating group) is 1. The van der Waals surface area contributed by atoms with Gasteiger partial charge in [0.15, 0.2) is 0 Å². The van der Waals surface area contributed by atoms with Crippen LogP contribution in [0.3, 0.4) is 0 Å². The lowest BCUT2D eigenvalue weighted by Crippen LogP contribution is -2.59. The van der Waals surface area contributed by atoms with Crippen molar-refractivity contribution in [1.82, 2.24) is 10.6 Å². The van der Waals surface area contributed by atoms with E-state index in [0.717, 1.165) is 12.2 Å². The van der Waals surface area contributed by atoms with Gasteiger partial charge in [-0.2, -0.15) is 0 Å². The second-order valence-corrected chi connectivity index (χ2v) is 5.00. The molecule has 1 aromatic rings. The van der Waals surface area contributed by atoms with E-state index in [0.29, 0.717) is 12.6 Å². The van der Waals surface area contributed by atoms with Gasteiger partial charge in [-0.3, -0.25) is 4.79 Å². The maximum Gasteiger partial charge on any atom is 0.245 e. The SMILES string of the molecule is Cc1ccc(N(C)C(=O)C2CNC(C)CN2)cc1. The molecule has 0 aliphatic carbocycles. The molecule has 1 aliphatic rings. The molecule has 0 spiro atoms. The van der Waals surface area contributed by atoms with Crippen LogP contribution in [0.5, 0.6) is 0 Å². The van der Waals surface area contributed by atoms with Gasteiger partial charge >= 0.3 is 0 Å². The molecular formula is C14H21N3O. The fraction of sp³-hybridized carbons (Fsp3) is 0.500. The molecule has 1 saturated heterocycles. The van der Waals surface area contributed by atoms with Gasteiger partial charge in [0.2, 0.25) is 5.91 Å². The number of benzene rings is 1. The number of rotatable bonds is 2. The summed E-state index contributed by atoms with van der Waals surface area (Å²) in [7, 11) is 1.83. The summed E-state index contributed by atoms with van der Waals surface area (Å²) in [6.07, 6.45) is 0. The van der Waals surface area contributed by atoms with Crippen molar-refractivity contribution in [2.75, 3.05) is 25.0 Å². The Morgan fingerprint density at radius 3 is 2.44 bits per heavy atom. The zero-order valence-corrected chi connectivity index (χ0v) is 11.2. The largest absolute Gasteiger partial charge is 0.314 e. The average Bonchev–Trinajstić information content (AvgIpc) is 2.39. The second-order valence-electron chi connectivity index (χ2n) is 5.00. The predicted molar refractivity (Wildman–Crippen MR) is 73.8 cm³/mol. The van der Waals surface area contributed by atoms with Gasteiger partial charge in [-0.15, -0.1) is 0 Å². The third-order valence-electron chi connectivity index (χ3n) is 3.39. The van der Waals surface area contributed by atoms with Crippen LogP contribution in [-0.2, 0) is 4.79 Å².